The van der Waals surface area contributed by atoms with Gasteiger partial charge in [-0.2, -0.15) is 0 Å². The van der Waals surface area contributed by atoms with Gasteiger partial charge in [0.1, 0.15) is 0 Å². The molecule has 1 aromatic rings. The largest absolute Gasteiger partial charge is 0.228 e. The fourth-order valence-electron chi connectivity index (χ4n) is 2.52. The van der Waals surface area contributed by atoms with E-state index in [0.717, 1.165) is 35.7 Å². The van der Waals surface area contributed by atoms with Gasteiger partial charge in [0.2, 0.25) is 0 Å². The molecule has 0 aromatic heterocycles. The highest BCUT2D eigenvalue weighted by Gasteiger charge is 2.39. The Morgan fingerprint density at radius 2 is 1.94 bits per heavy atom. The number of hydrogen-bond donors (Lipinski definition) is 0. The van der Waals surface area contributed by atoms with Gasteiger partial charge in [-0.1, -0.05) is 46.6 Å². The van der Waals surface area contributed by atoms with Crippen molar-refractivity contribution in [2.75, 3.05) is 11.1 Å². The van der Waals surface area contributed by atoms with Crippen LogP contribution < -0.4 is 0 Å². The summed E-state index contributed by atoms with van der Waals surface area (Å²) >= 11 is 3.47. The van der Waals surface area contributed by atoms with E-state index in [1.54, 1.807) is 0 Å². The Kier molecular flexibility index (Phi) is 4.17. The molecular weight excluding hydrogens is 312 g/mol. The lowest BCUT2D eigenvalue weighted by Crippen LogP contribution is -2.38. The van der Waals surface area contributed by atoms with Gasteiger partial charge in [0.05, 0.1) is 11.5 Å². The van der Waals surface area contributed by atoms with Crippen molar-refractivity contribution >= 4 is 25.8 Å². The maximum atomic E-state index is 12.3. The summed E-state index contributed by atoms with van der Waals surface area (Å²) in [6, 6.07) is 7.72. The molecule has 0 amide bonds. The van der Waals surface area contributed by atoms with E-state index in [9.17, 15) is 8.42 Å². The molecule has 0 unspecified atom stereocenters. The fraction of sp³-hybridized carbons (Fsp3) is 0.571. The molecule has 1 saturated carbocycles. The second kappa shape index (κ2) is 5.33. The molecule has 100 valence electrons. The van der Waals surface area contributed by atoms with Crippen LogP contribution in [0.5, 0.6) is 0 Å². The van der Waals surface area contributed by atoms with Gasteiger partial charge in [-0.15, -0.1) is 0 Å². The van der Waals surface area contributed by atoms with Crippen LogP contribution in [0.4, 0.5) is 0 Å². The van der Waals surface area contributed by atoms with Crippen LogP contribution in [-0.2, 0) is 15.6 Å². The Hall–Kier alpha value is -0.350. The zero-order valence-corrected chi connectivity index (χ0v) is 13.1. The van der Waals surface area contributed by atoms with Crippen LogP contribution in [0.15, 0.2) is 24.3 Å². The van der Waals surface area contributed by atoms with Gasteiger partial charge in [-0.25, -0.2) is 8.42 Å². The van der Waals surface area contributed by atoms with Crippen molar-refractivity contribution in [1.82, 2.24) is 0 Å². The normalized spacial score (nSPS) is 18.3. The molecule has 0 saturated heterocycles. The van der Waals surface area contributed by atoms with E-state index in [1.807, 2.05) is 31.2 Å². The van der Waals surface area contributed by atoms with Gasteiger partial charge in [0, 0.05) is 5.33 Å². The van der Waals surface area contributed by atoms with Crippen LogP contribution in [-0.4, -0.2) is 19.5 Å². The molecule has 1 fully saturated rings. The van der Waals surface area contributed by atoms with E-state index in [-0.39, 0.29) is 11.2 Å². The lowest BCUT2D eigenvalue weighted by atomic mass is 9.72. The zero-order valence-electron chi connectivity index (χ0n) is 10.7. The van der Waals surface area contributed by atoms with E-state index in [2.05, 4.69) is 15.9 Å². The number of sulfone groups is 1. The van der Waals surface area contributed by atoms with Gasteiger partial charge in [0.25, 0.3) is 0 Å². The predicted octanol–water partition coefficient (Wildman–Crippen LogP) is 3.48. The Bertz CT molecular complexity index is 513. The molecule has 0 radical (unpaired) electrons. The molecular formula is C14H19BrO2S. The summed E-state index contributed by atoms with van der Waals surface area (Å²) in [5, 5.41) is 0.799. The van der Waals surface area contributed by atoms with Crippen LogP contribution in [0.2, 0.25) is 0 Å². The van der Waals surface area contributed by atoms with E-state index in [1.165, 1.54) is 0 Å². The molecule has 4 heteroatoms. The number of halogens is 1. The van der Waals surface area contributed by atoms with Crippen LogP contribution in [0.3, 0.4) is 0 Å². The smallest absolute Gasteiger partial charge is 0.155 e. The lowest BCUT2D eigenvalue weighted by molar-refractivity contribution is 0.203. The molecule has 1 aliphatic carbocycles. The molecule has 1 aromatic carbocycles. The topological polar surface area (TPSA) is 34.1 Å². The number of benzene rings is 1. The van der Waals surface area contributed by atoms with Crippen LogP contribution >= 0.6 is 15.9 Å². The Morgan fingerprint density at radius 1 is 1.28 bits per heavy atom. The summed E-state index contributed by atoms with van der Waals surface area (Å²) < 4.78 is 24.6. The van der Waals surface area contributed by atoms with E-state index < -0.39 is 9.84 Å². The summed E-state index contributed by atoms with van der Waals surface area (Å²) in [6.07, 6.45) is 3.22. The molecule has 0 N–H and O–H groups in total. The molecule has 0 spiro atoms. The second-order valence-electron chi connectivity index (χ2n) is 5.45. The quantitative estimate of drug-likeness (QED) is 0.774. The fourth-order valence-corrected chi connectivity index (χ4v) is 5.76. The maximum absolute atomic E-state index is 12.3. The Balaban J connectivity index is 2.11. The molecule has 0 bridgehead atoms. The summed E-state index contributed by atoms with van der Waals surface area (Å²) in [7, 11) is -3.02. The first-order valence-electron chi connectivity index (χ1n) is 6.27. The van der Waals surface area contributed by atoms with E-state index in [0.29, 0.717) is 5.75 Å². The molecule has 2 nitrogen and oxygen atoms in total. The summed E-state index contributed by atoms with van der Waals surface area (Å²) in [5.41, 5.74) is 1.99. The number of alkyl halides is 1. The predicted molar refractivity (Wildman–Crippen MR) is 78.7 cm³/mol. The first kappa shape index (κ1) is 14.1. The average Bonchev–Trinajstić information content (AvgIpc) is 2.27. The summed E-state index contributed by atoms with van der Waals surface area (Å²) in [5.74, 6) is 0.494. The van der Waals surface area contributed by atoms with Crippen LogP contribution in [0.25, 0.3) is 0 Å². The zero-order chi connectivity index (χ0) is 13.2. The molecule has 0 heterocycles. The van der Waals surface area contributed by atoms with Crippen molar-refractivity contribution in [2.45, 2.75) is 31.9 Å². The number of rotatable bonds is 5. The first-order chi connectivity index (χ1) is 8.46. The van der Waals surface area contributed by atoms with Crippen molar-refractivity contribution in [1.29, 1.82) is 0 Å². The molecule has 1 aliphatic rings. The van der Waals surface area contributed by atoms with E-state index in [4.69, 9.17) is 0 Å². The third-order valence-electron chi connectivity index (χ3n) is 3.86. The average molecular weight is 331 g/mol. The second-order valence-corrected chi connectivity index (χ2v) is 8.07. The highest BCUT2D eigenvalue weighted by Crippen LogP contribution is 2.43. The van der Waals surface area contributed by atoms with Gasteiger partial charge in [-0.05, 0) is 36.3 Å². The van der Waals surface area contributed by atoms with E-state index >= 15 is 0 Å². The molecule has 0 aliphatic heterocycles. The third kappa shape index (κ3) is 3.15. The summed E-state index contributed by atoms with van der Waals surface area (Å²) in [6.45, 7) is 1.97. The van der Waals surface area contributed by atoms with Gasteiger partial charge < -0.3 is 0 Å². The first-order valence-corrected chi connectivity index (χ1v) is 9.22. The van der Waals surface area contributed by atoms with Crippen LogP contribution in [0.1, 0.15) is 30.4 Å². The third-order valence-corrected chi connectivity index (χ3v) is 6.85. The molecule has 18 heavy (non-hydrogen) atoms. The Morgan fingerprint density at radius 3 is 2.44 bits per heavy atom. The van der Waals surface area contributed by atoms with Crippen molar-refractivity contribution in [3.05, 3.63) is 35.4 Å². The SMILES string of the molecule is Cc1ccccc1CS(=O)(=O)CC1(CBr)CCC1. The van der Waals surface area contributed by atoms with Crippen molar-refractivity contribution < 1.29 is 8.42 Å². The minimum Gasteiger partial charge on any atom is -0.228 e. The van der Waals surface area contributed by atoms with Gasteiger partial charge in [-0.3, -0.25) is 0 Å². The standard InChI is InChI=1S/C14H19BrO2S/c1-12-5-2-3-6-13(12)9-18(16,17)11-14(10-15)7-4-8-14/h2-3,5-6H,4,7-11H2,1H3. The maximum Gasteiger partial charge on any atom is 0.155 e. The molecule has 0 atom stereocenters. The highest BCUT2D eigenvalue weighted by molar-refractivity contribution is 9.09. The number of hydrogen-bond acceptors (Lipinski definition) is 2. The van der Waals surface area contributed by atoms with Crippen molar-refractivity contribution in [3.8, 4) is 0 Å². The number of aryl methyl sites for hydroxylation is 1. The summed E-state index contributed by atoms with van der Waals surface area (Å²) in [4.78, 5) is 0. The van der Waals surface area contributed by atoms with Gasteiger partial charge in [0.15, 0.2) is 9.84 Å². The Labute approximate surface area is 118 Å². The lowest BCUT2D eigenvalue weighted by Gasteiger charge is -2.40. The highest BCUT2D eigenvalue weighted by atomic mass is 79.9. The minimum absolute atomic E-state index is 0.00151. The van der Waals surface area contributed by atoms with Crippen molar-refractivity contribution in [2.24, 2.45) is 5.41 Å². The van der Waals surface area contributed by atoms with Gasteiger partial charge >= 0.3 is 0 Å². The monoisotopic (exact) mass is 330 g/mol. The molecule has 2 rings (SSSR count). The minimum atomic E-state index is -3.02. The van der Waals surface area contributed by atoms with Crippen LogP contribution in [0, 0.1) is 12.3 Å². The van der Waals surface area contributed by atoms with Crippen molar-refractivity contribution in [3.63, 3.8) is 0 Å².